The molecule has 0 amide bonds. The molecule has 0 bridgehead atoms. The SMILES string of the molecule is OC(C1=CCCC1)C(O)C1=CCCC1. The van der Waals surface area contributed by atoms with E-state index >= 15 is 0 Å². The van der Waals surface area contributed by atoms with Crippen molar-refractivity contribution in [3.05, 3.63) is 23.3 Å². The normalized spacial score (nSPS) is 25.9. The first-order valence-electron chi connectivity index (χ1n) is 5.53. The van der Waals surface area contributed by atoms with E-state index < -0.39 is 12.2 Å². The highest BCUT2D eigenvalue weighted by atomic mass is 16.3. The fourth-order valence-electron chi connectivity index (χ4n) is 2.33. The molecule has 2 atom stereocenters. The second-order valence-corrected chi connectivity index (χ2v) is 4.23. The molecule has 0 heterocycles. The summed E-state index contributed by atoms with van der Waals surface area (Å²) >= 11 is 0. The summed E-state index contributed by atoms with van der Waals surface area (Å²) in [4.78, 5) is 0. The Bertz CT molecular complexity index is 237. The quantitative estimate of drug-likeness (QED) is 0.674. The van der Waals surface area contributed by atoms with Gasteiger partial charge in [0.1, 0.15) is 12.2 Å². The van der Waals surface area contributed by atoms with Crippen LogP contribution in [0.2, 0.25) is 0 Å². The third-order valence-corrected chi connectivity index (χ3v) is 3.21. The van der Waals surface area contributed by atoms with Gasteiger partial charge in [-0.25, -0.2) is 0 Å². The second-order valence-electron chi connectivity index (χ2n) is 4.23. The number of allylic oxidation sites excluding steroid dienone is 2. The average Bonchev–Trinajstić information content (AvgIpc) is 2.87. The van der Waals surface area contributed by atoms with E-state index in [4.69, 9.17) is 0 Å². The van der Waals surface area contributed by atoms with Gasteiger partial charge in [0, 0.05) is 0 Å². The van der Waals surface area contributed by atoms with E-state index in [1.165, 1.54) is 0 Å². The van der Waals surface area contributed by atoms with E-state index in [-0.39, 0.29) is 0 Å². The minimum absolute atomic E-state index is 0.651. The van der Waals surface area contributed by atoms with Crippen LogP contribution in [0.4, 0.5) is 0 Å². The number of aliphatic hydroxyl groups is 2. The Kier molecular flexibility index (Phi) is 3.04. The first kappa shape index (κ1) is 9.94. The molecule has 2 aliphatic carbocycles. The Morgan fingerprint density at radius 2 is 1.29 bits per heavy atom. The summed E-state index contributed by atoms with van der Waals surface area (Å²) < 4.78 is 0. The zero-order chi connectivity index (χ0) is 9.97. The molecule has 0 saturated carbocycles. The van der Waals surface area contributed by atoms with Crippen molar-refractivity contribution < 1.29 is 10.2 Å². The van der Waals surface area contributed by atoms with Crippen LogP contribution in [-0.2, 0) is 0 Å². The van der Waals surface area contributed by atoms with Crippen molar-refractivity contribution in [3.63, 3.8) is 0 Å². The second kappa shape index (κ2) is 4.28. The topological polar surface area (TPSA) is 40.5 Å². The van der Waals surface area contributed by atoms with Crippen LogP contribution in [0.5, 0.6) is 0 Å². The van der Waals surface area contributed by atoms with E-state index in [1.807, 2.05) is 0 Å². The molecule has 0 spiro atoms. The smallest absolute Gasteiger partial charge is 0.105 e. The number of rotatable bonds is 3. The fraction of sp³-hybridized carbons (Fsp3) is 0.667. The lowest BCUT2D eigenvalue weighted by molar-refractivity contribution is 0.0629. The van der Waals surface area contributed by atoms with Crippen LogP contribution in [0.3, 0.4) is 0 Å². The van der Waals surface area contributed by atoms with Gasteiger partial charge in [0.2, 0.25) is 0 Å². The number of hydrogen-bond acceptors (Lipinski definition) is 2. The van der Waals surface area contributed by atoms with Gasteiger partial charge in [0.15, 0.2) is 0 Å². The maximum Gasteiger partial charge on any atom is 0.105 e. The molecule has 0 aliphatic heterocycles. The van der Waals surface area contributed by atoms with Gasteiger partial charge < -0.3 is 10.2 Å². The van der Waals surface area contributed by atoms with Crippen molar-refractivity contribution in [2.45, 2.75) is 50.7 Å². The molecule has 2 rings (SSSR count). The van der Waals surface area contributed by atoms with Gasteiger partial charge in [-0.3, -0.25) is 0 Å². The van der Waals surface area contributed by atoms with Crippen LogP contribution in [-0.4, -0.2) is 22.4 Å². The summed E-state index contributed by atoms with van der Waals surface area (Å²) in [5, 5.41) is 19.8. The minimum atomic E-state index is -0.651. The third-order valence-electron chi connectivity index (χ3n) is 3.21. The van der Waals surface area contributed by atoms with E-state index in [9.17, 15) is 10.2 Å². The van der Waals surface area contributed by atoms with Crippen LogP contribution in [0.25, 0.3) is 0 Å². The predicted octanol–water partition coefficient (Wildman–Crippen LogP) is 1.93. The van der Waals surface area contributed by atoms with E-state index in [0.29, 0.717) is 0 Å². The zero-order valence-electron chi connectivity index (χ0n) is 8.45. The summed E-state index contributed by atoms with van der Waals surface area (Å²) in [6.45, 7) is 0. The first-order chi connectivity index (χ1) is 6.79. The Morgan fingerprint density at radius 1 is 0.857 bits per heavy atom. The monoisotopic (exact) mass is 194 g/mol. The molecule has 2 nitrogen and oxygen atoms in total. The van der Waals surface area contributed by atoms with Crippen LogP contribution >= 0.6 is 0 Å². The van der Waals surface area contributed by atoms with Gasteiger partial charge in [-0.05, 0) is 49.7 Å². The Hall–Kier alpha value is -0.600. The average molecular weight is 194 g/mol. The Labute approximate surface area is 85.0 Å². The largest absolute Gasteiger partial charge is 0.386 e. The molecular weight excluding hydrogens is 176 g/mol. The standard InChI is InChI=1S/C12H18O2/c13-11(9-5-1-2-6-9)12(14)10-7-3-4-8-10/h5,7,11-14H,1-4,6,8H2. The summed E-state index contributed by atoms with van der Waals surface area (Å²) in [5.74, 6) is 0. The zero-order valence-corrected chi connectivity index (χ0v) is 8.45. The molecule has 2 heteroatoms. The Balaban J connectivity index is 1.99. The molecule has 0 fully saturated rings. The van der Waals surface area contributed by atoms with Crippen molar-refractivity contribution in [2.75, 3.05) is 0 Å². The number of aliphatic hydroxyl groups excluding tert-OH is 2. The first-order valence-corrected chi connectivity index (χ1v) is 5.53. The van der Waals surface area contributed by atoms with Crippen molar-refractivity contribution >= 4 is 0 Å². The van der Waals surface area contributed by atoms with Crippen molar-refractivity contribution in [2.24, 2.45) is 0 Å². The summed E-state index contributed by atoms with van der Waals surface area (Å²) in [5.41, 5.74) is 2.07. The molecule has 0 aromatic rings. The fourth-order valence-corrected chi connectivity index (χ4v) is 2.33. The maximum atomic E-state index is 9.92. The lowest BCUT2D eigenvalue weighted by Crippen LogP contribution is -2.28. The minimum Gasteiger partial charge on any atom is -0.386 e. The Morgan fingerprint density at radius 3 is 1.57 bits per heavy atom. The molecule has 0 aromatic carbocycles. The van der Waals surface area contributed by atoms with Crippen molar-refractivity contribution in [3.8, 4) is 0 Å². The lowest BCUT2D eigenvalue weighted by atomic mass is 9.97. The highest BCUT2D eigenvalue weighted by Crippen LogP contribution is 2.28. The van der Waals surface area contributed by atoms with Crippen LogP contribution in [0.15, 0.2) is 23.3 Å². The van der Waals surface area contributed by atoms with Crippen LogP contribution < -0.4 is 0 Å². The molecule has 2 aliphatic rings. The van der Waals surface area contributed by atoms with Crippen LogP contribution in [0.1, 0.15) is 38.5 Å². The number of hydrogen-bond donors (Lipinski definition) is 2. The molecule has 2 unspecified atom stereocenters. The molecule has 0 saturated heterocycles. The molecule has 14 heavy (non-hydrogen) atoms. The van der Waals surface area contributed by atoms with E-state index in [2.05, 4.69) is 12.2 Å². The van der Waals surface area contributed by atoms with Crippen molar-refractivity contribution in [1.82, 2.24) is 0 Å². The molecule has 2 N–H and O–H groups in total. The van der Waals surface area contributed by atoms with Crippen LogP contribution in [0, 0.1) is 0 Å². The van der Waals surface area contributed by atoms with E-state index in [0.717, 1.165) is 49.7 Å². The van der Waals surface area contributed by atoms with Crippen molar-refractivity contribution in [1.29, 1.82) is 0 Å². The summed E-state index contributed by atoms with van der Waals surface area (Å²) in [6, 6.07) is 0. The summed E-state index contributed by atoms with van der Waals surface area (Å²) in [7, 11) is 0. The highest BCUT2D eigenvalue weighted by Gasteiger charge is 2.26. The predicted molar refractivity (Wildman–Crippen MR) is 55.9 cm³/mol. The van der Waals surface area contributed by atoms with Gasteiger partial charge in [-0.15, -0.1) is 0 Å². The van der Waals surface area contributed by atoms with E-state index in [1.54, 1.807) is 0 Å². The third kappa shape index (κ3) is 1.91. The van der Waals surface area contributed by atoms with Gasteiger partial charge >= 0.3 is 0 Å². The highest BCUT2D eigenvalue weighted by molar-refractivity contribution is 5.23. The van der Waals surface area contributed by atoms with Gasteiger partial charge in [0.05, 0.1) is 0 Å². The molecular formula is C12H18O2. The maximum absolute atomic E-state index is 9.92. The van der Waals surface area contributed by atoms with Gasteiger partial charge in [0.25, 0.3) is 0 Å². The van der Waals surface area contributed by atoms with Gasteiger partial charge in [-0.1, -0.05) is 12.2 Å². The molecule has 0 aromatic heterocycles. The molecule has 78 valence electrons. The van der Waals surface area contributed by atoms with Gasteiger partial charge in [-0.2, -0.15) is 0 Å². The lowest BCUT2D eigenvalue weighted by Gasteiger charge is -2.20. The summed E-state index contributed by atoms with van der Waals surface area (Å²) in [6.07, 6.45) is 9.10. The molecule has 0 radical (unpaired) electrons.